The van der Waals surface area contributed by atoms with Gasteiger partial charge in [0, 0.05) is 13.1 Å². The van der Waals surface area contributed by atoms with E-state index in [4.69, 9.17) is 26.1 Å². The minimum atomic E-state index is -3.84. The molecule has 1 N–H and O–H groups in total. The van der Waals surface area contributed by atoms with Crippen molar-refractivity contribution in [1.82, 2.24) is 19.2 Å². The van der Waals surface area contributed by atoms with Gasteiger partial charge in [0.05, 0.1) is 59.4 Å². The molecule has 0 radical (unpaired) electrons. The van der Waals surface area contributed by atoms with Crippen LogP contribution in [0.15, 0.2) is 29.2 Å². The highest BCUT2D eigenvalue weighted by Gasteiger charge is 2.32. The third-order valence-corrected chi connectivity index (χ3v) is 8.26. The summed E-state index contributed by atoms with van der Waals surface area (Å²) in [5, 5.41) is 0.0269. The number of aromatic nitrogens is 2. The van der Waals surface area contributed by atoms with E-state index in [0.717, 1.165) is 17.1 Å². The lowest BCUT2D eigenvalue weighted by Crippen LogP contribution is -2.47. The highest BCUT2D eigenvalue weighted by Crippen LogP contribution is 2.39. The number of sulfonamides is 1. The molecule has 2 aliphatic heterocycles. The van der Waals surface area contributed by atoms with Gasteiger partial charge in [-0.3, -0.25) is 0 Å². The van der Waals surface area contributed by atoms with Crippen LogP contribution in [0.25, 0.3) is 22.4 Å². The molecule has 0 bridgehead atoms. The van der Waals surface area contributed by atoms with Gasteiger partial charge in [0.15, 0.2) is 0 Å². The summed E-state index contributed by atoms with van der Waals surface area (Å²) in [5.41, 5.74) is 2.77. The Morgan fingerprint density at radius 1 is 1.37 bits per heavy atom. The lowest BCUT2D eigenvalue weighted by molar-refractivity contribution is -0.0310. The zero-order valence-corrected chi connectivity index (χ0v) is 20.7. The van der Waals surface area contributed by atoms with Gasteiger partial charge in [-0.15, -0.1) is 0 Å². The number of fused-ring (bicyclic) bond motifs is 2. The number of morpholine rings is 1. The van der Waals surface area contributed by atoms with Crippen LogP contribution < -0.4 is 4.72 Å². The summed E-state index contributed by atoms with van der Waals surface area (Å²) >= 11 is 6.66. The second-order valence-electron chi connectivity index (χ2n) is 8.62. The zero-order valence-electron chi connectivity index (χ0n) is 19.2. The van der Waals surface area contributed by atoms with Gasteiger partial charge in [-0.05, 0) is 42.7 Å². The molecule has 0 aliphatic carbocycles. The van der Waals surface area contributed by atoms with Crippen molar-refractivity contribution in [2.75, 3.05) is 33.4 Å². The summed E-state index contributed by atoms with van der Waals surface area (Å²) in [7, 11) is -2.51. The van der Waals surface area contributed by atoms with Crippen molar-refractivity contribution in [2.45, 2.75) is 30.9 Å². The van der Waals surface area contributed by atoms with Crippen molar-refractivity contribution in [2.24, 2.45) is 0 Å². The molecule has 5 rings (SSSR count). The van der Waals surface area contributed by atoms with Gasteiger partial charge in [0.25, 0.3) is 0 Å². The Balaban J connectivity index is 1.64. The molecule has 1 amide bonds. The number of carbonyl (C=O) groups is 1. The van der Waals surface area contributed by atoms with Crippen LogP contribution in [0, 0.1) is 12.7 Å². The number of benzene rings is 2. The van der Waals surface area contributed by atoms with Gasteiger partial charge in [0.1, 0.15) is 11.6 Å². The van der Waals surface area contributed by atoms with E-state index in [1.54, 1.807) is 4.90 Å². The first kappa shape index (κ1) is 24.0. The molecule has 186 valence electrons. The summed E-state index contributed by atoms with van der Waals surface area (Å²) in [6, 6.07) is 6.70. The number of imidazole rings is 1. The molecule has 9 nitrogen and oxygen atoms in total. The van der Waals surface area contributed by atoms with E-state index in [1.807, 2.05) is 29.7 Å². The monoisotopic (exact) mass is 522 g/mol. The van der Waals surface area contributed by atoms with Crippen molar-refractivity contribution in [3.05, 3.63) is 46.2 Å². The molecule has 0 saturated carbocycles. The van der Waals surface area contributed by atoms with Crippen LogP contribution in [0.3, 0.4) is 0 Å². The standard InChI is InChI=1S/C23H24ClFN4O5S/c1-13-3-4-18-17(9-13)27-22(29(18)12-14-11-28(7-8-34-14)23(30)33-2)20-16(25)10-19-15(21(20)24)5-6-26-35(19,31)32/h3-4,9-10,14,26H,5-8,11-12H2,1-2H3/t14-/m1/s1. The van der Waals surface area contributed by atoms with Crippen LogP contribution in [0.5, 0.6) is 0 Å². The first-order valence-corrected chi connectivity index (χ1v) is 13.0. The number of ether oxygens (including phenoxy) is 2. The third-order valence-electron chi connectivity index (χ3n) is 6.32. The molecule has 1 aromatic heterocycles. The molecule has 0 spiro atoms. The highest BCUT2D eigenvalue weighted by molar-refractivity contribution is 7.89. The Bertz CT molecular complexity index is 1440. The Morgan fingerprint density at radius 2 is 2.17 bits per heavy atom. The van der Waals surface area contributed by atoms with E-state index in [-0.39, 0.29) is 34.4 Å². The number of hydrogen-bond donors (Lipinski definition) is 1. The second kappa shape index (κ2) is 9.05. The molecule has 1 saturated heterocycles. The average Bonchev–Trinajstić information content (AvgIpc) is 3.16. The number of methoxy groups -OCH3 is 1. The molecule has 0 unspecified atom stereocenters. The quantitative estimate of drug-likeness (QED) is 0.567. The maximum atomic E-state index is 15.5. The normalized spacial score (nSPS) is 19.5. The van der Waals surface area contributed by atoms with E-state index >= 15 is 4.39 Å². The third kappa shape index (κ3) is 4.26. The van der Waals surface area contributed by atoms with E-state index < -0.39 is 28.0 Å². The van der Waals surface area contributed by atoms with Gasteiger partial charge in [-0.25, -0.2) is 27.3 Å². The van der Waals surface area contributed by atoms with Gasteiger partial charge < -0.3 is 18.9 Å². The largest absolute Gasteiger partial charge is 0.453 e. The molecule has 3 heterocycles. The van der Waals surface area contributed by atoms with Crippen LogP contribution in [0.1, 0.15) is 11.1 Å². The van der Waals surface area contributed by atoms with E-state index in [2.05, 4.69) is 4.72 Å². The van der Waals surface area contributed by atoms with Crippen molar-refractivity contribution in [3.8, 4) is 11.4 Å². The number of nitrogens with zero attached hydrogens (tertiary/aromatic N) is 3. The van der Waals surface area contributed by atoms with Crippen molar-refractivity contribution in [1.29, 1.82) is 0 Å². The maximum absolute atomic E-state index is 15.5. The topological polar surface area (TPSA) is 103 Å². The fourth-order valence-electron chi connectivity index (χ4n) is 4.65. The predicted octanol–water partition coefficient (Wildman–Crippen LogP) is 3.11. The van der Waals surface area contributed by atoms with Gasteiger partial charge in [-0.1, -0.05) is 17.7 Å². The maximum Gasteiger partial charge on any atom is 0.409 e. The minimum Gasteiger partial charge on any atom is -0.453 e. The molecule has 3 aromatic rings. The minimum absolute atomic E-state index is 0.0269. The summed E-state index contributed by atoms with van der Waals surface area (Å²) in [5.74, 6) is -0.513. The lowest BCUT2D eigenvalue weighted by Gasteiger charge is -2.32. The first-order valence-electron chi connectivity index (χ1n) is 11.1. The molecular formula is C23H24ClFN4O5S. The summed E-state index contributed by atoms with van der Waals surface area (Å²) < 4.78 is 55.3. The molecule has 1 atom stereocenters. The molecular weight excluding hydrogens is 499 g/mol. The second-order valence-corrected chi connectivity index (χ2v) is 10.7. The van der Waals surface area contributed by atoms with E-state index in [9.17, 15) is 13.2 Å². The summed E-state index contributed by atoms with van der Waals surface area (Å²) in [6.07, 6.45) is -0.507. The Morgan fingerprint density at radius 3 is 2.94 bits per heavy atom. The van der Waals surface area contributed by atoms with Crippen LogP contribution in [0.4, 0.5) is 9.18 Å². The number of carbonyl (C=O) groups excluding carboxylic acids is 1. The summed E-state index contributed by atoms with van der Waals surface area (Å²) in [6.45, 7) is 3.42. The molecule has 1 fully saturated rings. The summed E-state index contributed by atoms with van der Waals surface area (Å²) in [4.78, 5) is 18.1. The molecule has 35 heavy (non-hydrogen) atoms. The van der Waals surface area contributed by atoms with E-state index in [1.165, 1.54) is 7.11 Å². The van der Waals surface area contributed by atoms with Gasteiger partial charge >= 0.3 is 6.09 Å². The number of rotatable bonds is 3. The Hall–Kier alpha value is -2.73. The van der Waals surface area contributed by atoms with Gasteiger partial charge in [0.2, 0.25) is 10.0 Å². The number of nitrogens with one attached hydrogen (secondary N) is 1. The fraction of sp³-hybridized carbons (Fsp3) is 0.391. The Labute approximate surface area is 206 Å². The first-order chi connectivity index (χ1) is 16.7. The average molecular weight is 523 g/mol. The van der Waals surface area contributed by atoms with Gasteiger partial charge in [-0.2, -0.15) is 0 Å². The number of halogens is 2. The lowest BCUT2D eigenvalue weighted by atomic mass is 10.1. The van der Waals surface area contributed by atoms with Crippen molar-refractivity contribution >= 4 is 38.8 Å². The molecule has 2 aliphatic rings. The number of aryl methyl sites for hydroxylation is 1. The number of hydrogen-bond acceptors (Lipinski definition) is 6. The van der Waals surface area contributed by atoms with E-state index in [0.29, 0.717) is 37.2 Å². The van der Waals surface area contributed by atoms with Crippen molar-refractivity contribution in [3.63, 3.8) is 0 Å². The van der Waals surface area contributed by atoms with Crippen molar-refractivity contribution < 1.29 is 27.1 Å². The SMILES string of the molecule is COC(=O)N1CCO[C@@H](Cn2c(-c3c(F)cc4c(c3Cl)CCNS4(=O)=O)nc3cc(C)ccc32)C1. The van der Waals surface area contributed by atoms with Crippen LogP contribution in [-0.4, -0.2) is 68.4 Å². The molecule has 12 heteroatoms. The number of amides is 1. The van der Waals surface area contributed by atoms with Crippen LogP contribution in [-0.2, 0) is 32.5 Å². The van der Waals surface area contributed by atoms with Crippen LogP contribution >= 0.6 is 11.6 Å². The predicted molar refractivity (Wildman–Crippen MR) is 127 cm³/mol. The highest BCUT2D eigenvalue weighted by atomic mass is 35.5. The van der Waals surface area contributed by atoms with Crippen LogP contribution in [0.2, 0.25) is 5.02 Å². The Kier molecular flexibility index (Phi) is 6.20. The molecule has 2 aromatic carbocycles. The fourth-order valence-corrected chi connectivity index (χ4v) is 6.39. The zero-order chi connectivity index (χ0) is 24.9. The smallest absolute Gasteiger partial charge is 0.409 e.